The summed E-state index contributed by atoms with van der Waals surface area (Å²) >= 11 is 0. The maximum atomic E-state index is 6.33. The van der Waals surface area contributed by atoms with Crippen molar-refractivity contribution in [2.24, 2.45) is 0 Å². The predicted molar refractivity (Wildman–Crippen MR) is 197 cm³/mol. The summed E-state index contributed by atoms with van der Waals surface area (Å²) in [6, 6.07) is 43.4. The van der Waals surface area contributed by atoms with Crippen LogP contribution in [-0.4, -0.2) is 4.40 Å². The third-order valence-corrected chi connectivity index (χ3v) is 10.4. The summed E-state index contributed by atoms with van der Waals surface area (Å²) in [7, 11) is 0. The molecule has 0 saturated heterocycles. The van der Waals surface area contributed by atoms with Gasteiger partial charge in [0, 0.05) is 32.3 Å². The van der Waals surface area contributed by atoms with Gasteiger partial charge in [0.2, 0.25) is 0 Å². The van der Waals surface area contributed by atoms with Crippen LogP contribution >= 0.6 is 0 Å². The first-order valence-corrected chi connectivity index (χ1v) is 16.5. The van der Waals surface area contributed by atoms with Crippen molar-refractivity contribution in [1.29, 1.82) is 0 Å². The number of aromatic nitrogens is 1. The van der Waals surface area contributed by atoms with Crippen molar-refractivity contribution in [3.63, 3.8) is 0 Å². The normalized spacial score (nSPS) is 12.7. The van der Waals surface area contributed by atoms with E-state index in [1.807, 2.05) is 6.07 Å². The summed E-state index contributed by atoms with van der Waals surface area (Å²) < 4.78 is 8.85. The molecule has 0 atom stereocenters. The summed E-state index contributed by atoms with van der Waals surface area (Å²) in [5.74, 6) is 0.978. The van der Waals surface area contributed by atoms with Gasteiger partial charge in [-0.1, -0.05) is 88.4 Å². The number of furan rings is 1. The molecule has 0 saturated carbocycles. The topological polar surface area (TPSA) is 17.6 Å². The molecule has 220 valence electrons. The summed E-state index contributed by atoms with van der Waals surface area (Å²) in [6.07, 6.45) is 0. The van der Waals surface area contributed by atoms with Crippen molar-refractivity contribution < 1.29 is 4.42 Å². The molecule has 0 bridgehead atoms. The van der Waals surface area contributed by atoms with E-state index in [2.05, 4.69) is 141 Å². The van der Waals surface area contributed by atoms with Crippen LogP contribution in [0.1, 0.15) is 50.7 Å². The number of hydrogen-bond acceptors (Lipinski definition) is 1. The van der Waals surface area contributed by atoms with Gasteiger partial charge in [0.25, 0.3) is 0 Å². The van der Waals surface area contributed by atoms with Gasteiger partial charge in [0.15, 0.2) is 0 Å². The van der Waals surface area contributed by atoms with E-state index in [1.165, 1.54) is 81.9 Å². The van der Waals surface area contributed by atoms with Gasteiger partial charge in [-0.15, -0.1) is 0 Å². The van der Waals surface area contributed by atoms with Crippen molar-refractivity contribution >= 4 is 81.6 Å². The highest BCUT2D eigenvalue weighted by Crippen LogP contribution is 2.44. The lowest BCUT2D eigenvalue weighted by Gasteiger charge is -2.09. The molecule has 0 spiro atoms. The SMILES string of the molecule is CC(C)c1ccc2cc3c(cc2c1)c1cc(-c2ccc4c(c2)oc2ccccc24)cc2c4cc5cc(C(C)C)ccc5cc4n3c12. The molecule has 0 N–H and O–H groups in total. The first kappa shape index (κ1) is 25.9. The molecule has 7 aromatic carbocycles. The van der Waals surface area contributed by atoms with E-state index in [0.29, 0.717) is 11.8 Å². The van der Waals surface area contributed by atoms with Gasteiger partial charge < -0.3 is 8.82 Å². The Morgan fingerprint density at radius 3 is 1.63 bits per heavy atom. The minimum atomic E-state index is 0.489. The number of fused-ring (bicyclic) bond motifs is 11. The van der Waals surface area contributed by atoms with Crippen LogP contribution < -0.4 is 0 Å². The van der Waals surface area contributed by atoms with E-state index in [4.69, 9.17) is 4.42 Å². The van der Waals surface area contributed by atoms with E-state index >= 15 is 0 Å². The zero-order valence-electron chi connectivity index (χ0n) is 26.5. The Morgan fingerprint density at radius 1 is 0.435 bits per heavy atom. The van der Waals surface area contributed by atoms with Crippen molar-refractivity contribution in [1.82, 2.24) is 4.40 Å². The van der Waals surface area contributed by atoms with E-state index < -0.39 is 0 Å². The molecule has 2 heteroatoms. The first-order valence-electron chi connectivity index (χ1n) is 16.5. The van der Waals surface area contributed by atoms with Crippen LogP contribution in [0.5, 0.6) is 0 Å². The van der Waals surface area contributed by atoms with E-state index in [0.717, 1.165) is 21.9 Å². The van der Waals surface area contributed by atoms with Crippen LogP contribution in [0.15, 0.2) is 120 Å². The number of hydrogen-bond donors (Lipinski definition) is 0. The van der Waals surface area contributed by atoms with E-state index in [-0.39, 0.29) is 0 Å². The molecule has 0 radical (unpaired) electrons. The smallest absolute Gasteiger partial charge is 0.136 e. The molecule has 0 unspecified atom stereocenters. The maximum Gasteiger partial charge on any atom is 0.136 e. The van der Waals surface area contributed by atoms with E-state index in [9.17, 15) is 0 Å². The molecule has 46 heavy (non-hydrogen) atoms. The molecule has 0 aliphatic carbocycles. The Morgan fingerprint density at radius 2 is 1.02 bits per heavy atom. The number of rotatable bonds is 3. The maximum absolute atomic E-state index is 6.33. The second-order valence-corrected chi connectivity index (χ2v) is 13.8. The Hall–Kier alpha value is -5.34. The lowest BCUT2D eigenvalue weighted by atomic mass is 9.95. The first-order chi connectivity index (χ1) is 22.4. The van der Waals surface area contributed by atoms with Crippen molar-refractivity contribution in [2.45, 2.75) is 39.5 Å². The summed E-state index contributed by atoms with van der Waals surface area (Å²) in [5.41, 5.74) is 10.8. The van der Waals surface area contributed by atoms with E-state index in [1.54, 1.807) is 0 Å². The lowest BCUT2D eigenvalue weighted by Crippen LogP contribution is -1.88. The highest BCUT2D eigenvalue weighted by Gasteiger charge is 2.21. The van der Waals surface area contributed by atoms with Crippen molar-refractivity contribution in [3.05, 3.63) is 126 Å². The fourth-order valence-corrected chi connectivity index (χ4v) is 7.86. The van der Waals surface area contributed by atoms with Gasteiger partial charge in [0.1, 0.15) is 11.2 Å². The van der Waals surface area contributed by atoms with Gasteiger partial charge in [-0.3, -0.25) is 0 Å². The van der Waals surface area contributed by atoms with Crippen LogP contribution in [-0.2, 0) is 0 Å². The third kappa shape index (κ3) is 3.53. The Kier molecular flexibility index (Phi) is 5.14. The van der Waals surface area contributed by atoms with Gasteiger partial charge >= 0.3 is 0 Å². The molecule has 0 fully saturated rings. The fourth-order valence-electron chi connectivity index (χ4n) is 7.86. The molecule has 0 amide bonds. The minimum Gasteiger partial charge on any atom is -0.456 e. The summed E-state index contributed by atoms with van der Waals surface area (Å²) in [6.45, 7) is 9.08. The van der Waals surface area contributed by atoms with Gasteiger partial charge in [0.05, 0.1) is 16.6 Å². The highest BCUT2D eigenvalue weighted by atomic mass is 16.3. The number of para-hydroxylation sites is 1. The Bertz CT molecular complexity index is 2730. The van der Waals surface area contributed by atoms with Crippen LogP contribution in [0.3, 0.4) is 0 Å². The average Bonchev–Trinajstić information content (AvgIpc) is 3.71. The average molecular weight is 592 g/mol. The van der Waals surface area contributed by atoms with Crippen LogP contribution in [0.25, 0.3) is 92.7 Å². The molecule has 0 aliphatic rings. The molecule has 2 nitrogen and oxygen atoms in total. The van der Waals surface area contributed by atoms with Gasteiger partial charge in [-0.25, -0.2) is 0 Å². The number of benzene rings is 7. The standard InChI is InChI=1S/C44H33NO/c1-24(2)26-9-11-28-21-40-36(17-31(28)15-26)38-19-33(30-13-14-35-34-7-5-6-8-42(34)46-43(35)23-30)20-39-37-18-32-16-27(25(3)4)10-12-29(32)22-41(37)45(40)44(38)39/h5-25H,1-4H3. The molecule has 10 rings (SSSR count). The molecule has 10 aromatic rings. The zero-order chi connectivity index (χ0) is 30.8. The quantitative estimate of drug-likeness (QED) is 0.200. The third-order valence-electron chi connectivity index (χ3n) is 10.4. The number of nitrogens with zero attached hydrogens (tertiary/aromatic N) is 1. The minimum absolute atomic E-state index is 0.489. The van der Waals surface area contributed by atoms with Crippen LogP contribution in [0.4, 0.5) is 0 Å². The largest absolute Gasteiger partial charge is 0.456 e. The van der Waals surface area contributed by atoms with Crippen molar-refractivity contribution in [2.75, 3.05) is 0 Å². The lowest BCUT2D eigenvalue weighted by molar-refractivity contribution is 0.669. The van der Waals surface area contributed by atoms with Crippen LogP contribution in [0.2, 0.25) is 0 Å². The predicted octanol–water partition coefficient (Wildman–Crippen LogP) is 13.0. The van der Waals surface area contributed by atoms with Gasteiger partial charge in [-0.05, 0) is 110 Å². The monoisotopic (exact) mass is 591 g/mol. The Labute approximate surface area is 266 Å². The molecular weight excluding hydrogens is 558 g/mol. The van der Waals surface area contributed by atoms with Gasteiger partial charge in [-0.2, -0.15) is 0 Å². The second kappa shape index (κ2) is 9.11. The molecule has 3 aromatic heterocycles. The van der Waals surface area contributed by atoms with Crippen molar-refractivity contribution in [3.8, 4) is 11.1 Å². The Balaban J connectivity index is 1.33. The van der Waals surface area contributed by atoms with Crippen LogP contribution in [0, 0.1) is 0 Å². The molecule has 0 aliphatic heterocycles. The second-order valence-electron chi connectivity index (χ2n) is 13.8. The molecular formula is C44H33NO. The fraction of sp³-hybridized carbons (Fsp3) is 0.136. The summed E-state index contributed by atoms with van der Waals surface area (Å²) in [5, 5.41) is 12.7. The summed E-state index contributed by atoms with van der Waals surface area (Å²) in [4.78, 5) is 0. The highest BCUT2D eigenvalue weighted by molar-refractivity contribution is 6.27. The zero-order valence-corrected chi connectivity index (χ0v) is 26.5. The molecule has 3 heterocycles.